The quantitative estimate of drug-likeness (QED) is 0.551. The van der Waals surface area contributed by atoms with Crippen molar-refractivity contribution in [3.8, 4) is 0 Å². The molecule has 0 spiro atoms. The Morgan fingerprint density at radius 1 is 1.16 bits per heavy atom. The highest BCUT2D eigenvalue weighted by Gasteiger charge is 2.06. The van der Waals surface area contributed by atoms with Gasteiger partial charge in [-0.25, -0.2) is 4.98 Å². The number of amides is 1. The van der Waals surface area contributed by atoms with Gasteiger partial charge >= 0.3 is 5.97 Å². The lowest BCUT2D eigenvalue weighted by Crippen LogP contribution is -2.28. The average Bonchev–Trinajstić information content (AvgIpc) is 2.64. The summed E-state index contributed by atoms with van der Waals surface area (Å²) in [5.41, 5.74) is 0.515. The molecular weight excluding hydrogens is 322 g/mol. The molecule has 7 nitrogen and oxygen atoms in total. The predicted octanol–water partition coefficient (Wildman–Crippen LogP) is 1.64. The summed E-state index contributed by atoms with van der Waals surface area (Å²) in [4.78, 5) is 39.4. The molecule has 1 N–H and O–H groups in total. The monoisotopic (exact) mass is 345 g/mol. The first kappa shape index (κ1) is 18.6. The van der Waals surface area contributed by atoms with Crippen LogP contribution in [0.2, 0.25) is 0 Å². The number of nitrogens with one attached hydrogen (secondary N) is 1. The van der Waals surface area contributed by atoms with E-state index in [0.717, 1.165) is 19.3 Å². The Kier molecular flexibility index (Phi) is 7.13. The molecule has 0 aliphatic heterocycles. The fourth-order valence-corrected chi connectivity index (χ4v) is 2.48. The van der Waals surface area contributed by atoms with Crippen LogP contribution in [0.3, 0.4) is 0 Å². The number of aromatic nitrogens is 2. The number of hydrogen-bond donors (Lipinski definition) is 1. The third-order valence-corrected chi connectivity index (χ3v) is 3.92. The molecule has 1 amide bonds. The van der Waals surface area contributed by atoms with Crippen LogP contribution in [0.4, 0.5) is 0 Å². The van der Waals surface area contributed by atoms with Crippen LogP contribution in [0.5, 0.6) is 0 Å². The van der Waals surface area contributed by atoms with Gasteiger partial charge in [0, 0.05) is 25.9 Å². The molecule has 25 heavy (non-hydrogen) atoms. The zero-order chi connectivity index (χ0) is 18.1. The fraction of sp³-hybridized carbons (Fsp3) is 0.444. The van der Waals surface area contributed by atoms with Crippen molar-refractivity contribution in [3.63, 3.8) is 0 Å². The van der Waals surface area contributed by atoms with Gasteiger partial charge in [-0.05, 0) is 25.0 Å². The lowest BCUT2D eigenvalue weighted by molar-refractivity contribution is -0.140. The number of para-hydroxylation sites is 1. The molecule has 0 aliphatic carbocycles. The summed E-state index contributed by atoms with van der Waals surface area (Å²) in [5, 5.41) is 3.37. The fourth-order valence-electron chi connectivity index (χ4n) is 2.48. The number of aryl methyl sites for hydroxylation is 1. The van der Waals surface area contributed by atoms with Gasteiger partial charge in [0.05, 0.1) is 24.3 Å². The van der Waals surface area contributed by atoms with Crippen LogP contribution in [0.15, 0.2) is 35.4 Å². The SMILES string of the molecule is COC(=O)CCCCCNC(=O)CCn1cnc2ccccc2c1=O. The standard InChI is InChI=1S/C18H23N3O4/c1-25-17(23)9-3-2-6-11-19-16(22)10-12-21-13-20-15-8-5-4-7-14(15)18(21)24/h4-5,7-8,13H,2-3,6,9-12H2,1H3,(H,19,22). The highest BCUT2D eigenvalue weighted by Crippen LogP contribution is 2.05. The number of esters is 1. The van der Waals surface area contributed by atoms with Gasteiger partial charge in [-0.1, -0.05) is 18.6 Å². The maximum atomic E-state index is 12.3. The molecule has 0 saturated heterocycles. The van der Waals surface area contributed by atoms with Crippen molar-refractivity contribution in [2.45, 2.75) is 38.6 Å². The molecule has 1 heterocycles. The zero-order valence-electron chi connectivity index (χ0n) is 14.4. The Bertz CT molecular complexity index is 785. The second kappa shape index (κ2) is 9.56. The van der Waals surface area contributed by atoms with E-state index >= 15 is 0 Å². The summed E-state index contributed by atoms with van der Waals surface area (Å²) >= 11 is 0. The summed E-state index contributed by atoms with van der Waals surface area (Å²) < 4.78 is 6.02. The minimum absolute atomic E-state index is 0.104. The minimum Gasteiger partial charge on any atom is -0.469 e. The lowest BCUT2D eigenvalue weighted by Gasteiger charge is -2.07. The first-order valence-corrected chi connectivity index (χ1v) is 8.39. The van der Waals surface area contributed by atoms with Crippen LogP contribution < -0.4 is 10.9 Å². The van der Waals surface area contributed by atoms with Gasteiger partial charge in [0.1, 0.15) is 0 Å². The Morgan fingerprint density at radius 2 is 1.96 bits per heavy atom. The lowest BCUT2D eigenvalue weighted by atomic mass is 10.2. The number of fused-ring (bicyclic) bond motifs is 1. The van der Waals surface area contributed by atoms with E-state index in [1.54, 1.807) is 18.2 Å². The van der Waals surface area contributed by atoms with Crippen molar-refractivity contribution in [1.29, 1.82) is 0 Å². The van der Waals surface area contributed by atoms with Crippen LogP contribution in [0.1, 0.15) is 32.1 Å². The van der Waals surface area contributed by atoms with Gasteiger partial charge in [-0.15, -0.1) is 0 Å². The molecule has 7 heteroatoms. The van der Waals surface area contributed by atoms with E-state index in [1.165, 1.54) is 18.0 Å². The Morgan fingerprint density at radius 3 is 2.76 bits per heavy atom. The van der Waals surface area contributed by atoms with Crippen molar-refractivity contribution in [1.82, 2.24) is 14.9 Å². The number of unbranched alkanes of at least 4 members (excludes halogenated alkanes) is 2. The molecule has 0 unspecified atom stereocenters. The topological polar surface area (TPSA) is 90.3 Å². The number of ether oxygens (including phenoxy) is 1. The molecule has 0 bridgehead atoms. The molecule has 2 rings (SSSR count). The van der Waals surface area contributed by atoms with Crippen molar-refractivity contribution in [2.24, 2.45) is 0 Å². The summed E-state index contributed by atoms with van der Waals surface area (Å²) in [6.07, 6.45) is 4.51. The molecule has 0 radical (unpaired) electrons. The van der Waals surface area contributed by atoms with Crippen LogP contribution in [-0.4, -0.2) is 35.1 Å². The molecule has 1 aromatic carbocycles. The zero-order valence-corrected chi connectivity index (χ0v) is 14.4. The van der Waals surface area contributed by atoms with Gasteiger partial charge in [0.15, 0.2) is 0 Å². The average molecular weight is 345 g/mol. The number of rotatable bonds is 9. The van der Waals surface area contributed by atoms with Gasteiger partial charge in [-0.3, -0.25) is 19.0 Å². The molecule has 1 aromatic heterocycles. The van der Waals surface area contributed by atoms with Crippen LogP contribution in [0, 0.1) is 0 Å². The van der Waals surface area contributed by atoms with Crippen LogP contribution in [-0.2, 0) is 20.9 Å². The minimum atomic E-state index is -0.210. The van der Waals surface area contributed by atoms with E-state index in [2.05, 4.69) is 15.0 Å². The maximum absolute atomic E-state index is 12.3. The molecule has 0 aliphatic rings. The van der Waals surface area contributed by atoms with E-state index in [9.17, 15) is 14.4 Å². The summed E-state index contributed by atoms with van der Waals surface area (Å²) in [6, 6.07) is 7.14. The normalized spacial score (nSPS) is 10.6. The first-order valence-electron chi connectivity index (χ1n) is 8.39. The maximum Gasteiger partial charge on any atom is 0.305 e. The second-order valence-electron chi connectivity index (χ2n) is 5.75. The summed E-state index contributed by atoms with van der Waals surface area (Å²) in [7, 11) is 1.37. The van der Waals surface area contributed by atoms with Gasteiger partial charge in [-0.2, -0.15) is 0 Å². The molecule has 0 atom stereocenters. The Labute approximate surface area is 146 Å². The molecule has 134 valence electrons. The van der Waals surface area contributed by atoms with Crippen LogP contribution in [0.25, 0.3) is 10.9 Å². The summed E-state index contributed by atoms with van der Waals surface area (Å²) in [5.74, 6) is -0.313. The Balaban J connectivity index is 1.71. The first-order chi connectivity index (χ1) is 12.1. The number of hydrogen-bond acceptors (Lipinski definition) is 5. The summed E-state index contributed by atoms with van der Waals surface area (Å²) in [6.45, 7) is 0.857. The van der Waals surface area contributed by atoms with Crippen molar-refractivity contribution in [2.75, 3.05) is 13.7 Å². The predicted molar refractivity (Wildman–Crippen MR) is 94.1 cm³/mol. The smallest absolute Gasteiger partial charge is 0.305 e. The number of nitrogens with zero attached hydrogens (tertiary/aromatic N) is 2. The van der Waals surface area contributed by atoms with Gasteiger partial charge in [0.2, 0.25) is 5.91 Å². The van der Waals surface area contributed by atoms with Crippen LogP contribution >= 0.6 is 0 Å². The number of benzene rings is 1. The second-order valence-corrected chi connectivity index (χ2v) is 5.75. The largest absolute Gasteiger partial charge is 0.469 e. The van der Waals surface area contributed by atoms with E-state index in [4.69, 9.17) is 0 Å². The highest BCUT2D eigenvalue weighted by atomic mass is 16.5. The molecule has 0 saturated carbocycles. The number of methoxy groups -OCH3 is 1. The molecule has 2 aromatic rings. The van der Waals surface area contributed by atoms with E-state index in [-0.39, 0.29) is 23.9 Å². The van der Waals surface area contributed by atoms with E-state index in [1.807, 2.05) is 6.07 Å². The van der Waals surface area contributed by atoms with Gasteiger partial charge in [0.25, 0.3) is 5.56 Å². The van der Waals surface area contributed by atoms with Gasteiger partial charge < -0.3 is 10.1 Å². The van der Waals surface area contributed by atoms with E-state index < -0.39 is 0 Å². The number of carbonyl (C=O) groups is 2. The van der Waals surface area contributed by atoms with Crippen molar-refractivity contribution in [3.05, 3.63) is 40.9 Å². The number of carbonyl (C=O) groups excluding carboxylic acids is 2. The Hall–Kier alpha value is -2.70. The van der Waals surface area contributed by atoms with Crippen molar-refractivity contribution >= 4 is 22.8 Å². The molecular formula is C18H23N3O4. The van der Waals surface area contributed by atoms with Crippen molar-refractivity contribution < 1.29 is 14.3 Å². The van der Waals surface area contributed by atoms with E-state index in [0.29, 0.717) is 30.4 Å². The highest BCUT2D eigenvalue weighted by molar-refractivity contribution is 5.77. The molecule has 0 fully saturated rings. The third-order valence-electron chi connectivity index (χ3n) is 3.92. The third kappa shape index (κ3) is 5.70.